The average molecular weight is 434 g/mol. The molecule has 32 heavy (non-hydrogen) atoms. The van der Waals surface area contributed by atoms with Crippen molar-refractivity contribution in [1.82, 2.24) is 9.80 Å². The molecule has 2 aromatic carbocycles. The maximum Gasteiger partial charge on any atom is 0.339 e. The second-order valence-corrected chi connectivity index (χ2v) is 7.89. The Kier molecular flexibility index (Phi) is 6.25. The first-order valence-electron chi connectivity index (χ1n) is 10.7. The van der Waals surface area contributed by atoms with Gasteiger partial charge in [0.25, 0.3) is 5.91 Å². The predicted molar refractivity (Wildman–Crippen MR) is 121 cm³/mol. The second-order valence-electron chi connectivity index (χ2n) is 7.89. The van der Waals surface area contributed by atoms with Gasteiger partial charge in [0.1, 0.15) is 11.3 Å². The monoisotopic (exact) mass is 434 g/mol. The lowest BCUT2D eigenvalue weighted by atomic mass is 10.0. The molecule has 0 radical (unpaired) electrons. The zero-order chi connectivity index (χ0) is 22.7. The fourth-order valence-corrected chi connectivity index (χ4v) is 4.10. The minimum Gasteiger partial charge on any atom is -0.497 e. The molecule has 1 fully saturated rings. The van der Waals surface area contributed by atoms with Crippen molar-refractivity contribution in [2.75, 3.05) is 33.3 Å². The summed E-state index contributed by atoms with van der Waals surface area (Å²) in [4.78, 5) is 41.4. The Balaban J connectivity index is 1.38. The van der Waals surface area contributed by atoms with Crippen LogP contribution in [0.5, 0.6) is 5.75 Å². The molecule has 0 bridgehead atoms. The van der Waals surface area contributed by atoms with Crippen molar-refractivity contribution in [3.63, 3.8) is 0 Å². The number of fused-ring (bicyclic) bond motifs is 1. The summed E-state index contributed by atoms with van der Waals surface area (Å²) in [6, 6.07) is 14.5. The van der Waals surface area contributed by atoms with Gasteiger partial charge in [0.2, 0.25) is 5.91 Å². The molecule has 4 rings (SSSR count). The highest BCUT2D eigenvalue weighted by Gasteiger charge is 2.25. The molecule has 0 aliphatic carbocycles. The number of carbonyl (C=O) groups excluding carboxylic acids is 2. The number of carbonyl (C=O) groups is 2. The normalized spacial score (nSPS) is 13.9. The number of aryl methyl sites for hydroxylation is 1. The van der Waals surface area contributed by atoms with E-state index >= 15 is 0 Å². The van der Waals surface area contributed by atoms with Crippen LogP contribution in [0.1, 0.15) is 27.9 Å². The Bertz CT molecular complexity index is 1190. The van der Waals surface area contributed by atoms with E-state index in [-0.39, 0.29) is 18.2 Å². The highest BCUT2D eigenvalue weighted by Crippen LogP contribution is 2.24. The Morgan fingerprint density at radius 3 is 2.38 bits per heavy atom. The molecule has 1 saturated heterocycles. The number of methoxy groups -OCH3 is 1. The van der Waals surface area contributed by atoms with Crippen LogP contribution >= 0.6 is 0 Å². The minimum atomic E-state index is -0.422. The Morgan fingerprint density at radius 2 is 1.69 bits per heavy atom. The maximum atomic E-state index is 12.8. The molecule has 2 heterocycles. The molecule has 2 amide bonds. The summed E-state index contributed by atoms with van der Waals surface area (Å²) in [5, 5.41) is 0.834. The molecular weight excluding hydrogens is 408 g/mol. The number of hydrogen-bond acceptors (Lipinski definition) is 5. The van der Waals surface area contributed by atoms with Crippen LogP contribution in [0.2, 0.25) is 0 Å². The fraction of sp³-hybridized carbons (Fsp3) is 0.320. The van der Waals surface area contributed by atoms with Gasteiger partial charge in [0, 0.05) is 55.2 Å². The van der Waals surface area contributed by atoms with Crippen molar-refractivity contribution < 1.29 is 18.7 Å². The smallest absolute Gasteiger partial charge is 0.339 e. The Morgan fingerprint density at radius 1 is 1.00 bits per heavy atom. The minimum absolute atomic E-state index is 0.0151. The summed E-state index contributed by atoms with van der Waals surface area (Å²) in [6.45, 7) is 3.85. The van der Waals surface area contributed by atoms with Gasteiger partial charge < -0.3 is 19.0 Å². The molecular formula is C25H26N2O5. The maximum absolute atomic E-state index is 12.8. The van der Waals surface area contributed by atoms with Crippen molar-refractivity contribution in [1.29, 1.82) is 0 Å². The van der Waals surface area contributed by atoms with Gasteiger partial charge >= 0.3 is 5.63 Å². The second kappa shape index (κ2) is 9.26. The first-order chi connectivity index (χ1) is 15.5. The van der Waals surface area contributed by atoms with Gasteiger partial charge in [0.05, 0.1) is 7.11 Å². The van der Waals surface area contributed by atoms with Crippen molar-refractivity contribution in [3.8, 4) is 5.75 Å². The predicted octanol–water partition coefficient (Wildman–Crippen LogP) is 3.03. The van der Waals surface area contributed by atoms with Crippen LogP contribution in [0.3, 0.4) is 0 Å². The fourth-order valence-electron chi connectivity index (χ4n) is 4.10. The van der Waals surface area contributed by atoms with Crippen LogP contribution in [0.15, 0.2) is 57.7 Å². The lowest BCUT2D eigenvalue weighted by molar-refractivity contribution is -0.132. The topological polar surface area (TPSA) is 80.1 Å². The van der Waals surface area contributed by atoms with Crippen LogP contribution in [-0.4, -0.2) is 54.9 Å². The summed E-state index contributed by atoms with van der Waals surface area (Å²) in [6.07, 6.45) is 0.540. The average Bonchev–Trinajstić information content (AvgIpc) is 2.83. The van der Waals surface area contributed by atoms with Crippen molar-refractivity contribution in [3.05, 3.63) is 75.6 Å². The first kappa shape index (κ1) is 21.6. The highest BCUT2D eigenvalue weighted by molar-refractivity contribution is 5.94. The molecule has 166 valence electrons. The van der Waals surface area contributed by atoms with E-state index in [1.807, 2.05) is 37.3 Å². The molecule has 0 atom stereocenters. The van der Waals surface area contributed by atoms with Crippen LogP contribution in [-0.2, 0) is 11.2 Å². The number of nitrogens with zero attached hydrogens (tertiary/aromatic N) is 2. The number of ether oxygens (including phenoxy) is 1. The number of rotatable bonds is 5. The number of benzene rings is 2. The van der Waals surface area contributed by atoms with Crippen molar-refractivity contribution in [2.24, 2.45) is 0 Å². The van der Waals surface area contributed by atoms with Gasteiger partial charge in [-0.2, -0.15) is 0 Å². The molecule has 0 spiro atoms. The lowest BCUT2D eigenvalue weighted by Crippen LogP contribution is -2.50. The van der Waals surface area contributed by atoms with Crippen LogP contribution in [0, 0.1) is 6.92 Å². The molecule has 7 heteroatoms. The Labute approximate surface area is 186 Å². The summed E-state index contributed by atoms with van der Waals surface area (Å²) < 4.78 is 10.7. The molecule has 3 aromatic rings. The molecule has 0 unspecified atom stereocenters. The lowest BCUT2D eigenvalue weighted by Gasteiger charge is -2.35. The largest absolute Gasteiger partial charge is 0.497 e. The summed E-state index contributed by atoms with van der Waals surface area (Å²) in [5.74, 6) is 0.581. The van der Waals surface area contributed by atoms with Crippen LogP contribution in [0.4, 0.5) is 0 Å². The van der Waals surface area contributed by atoms with E-state index in [4.69, 9.17) is 9.15 Å². The first-order valence-corrected chi connectivity index (χ1v) is 10.7. The van der Waals surface area contributed by atoms with Gasteiger partial charge in [-0.05, 0) is 43.2 Å². The van der Waals surface area contributed by atoms with Gasteiger partial charge in [0.15, 0.2) is 0 Å². The zero-order valence-electron chi connectivity index (χ0n) is 18.3. The van der Waals surface area contributed by atoms with Gasteiger partial charge in [-0.1, -0.05) is 18.2 Å². The zero-order valence-corrected chi connectivity index (χ0v) is 18.3. The molecule has 0 N–H and O–H groups in total. The van der Waals surface area contributed by atoms with E-state index in [0.717, 1.165) is 10.9 Å². The van der Waals surface area contributed by atoms with Crippen LogP contribution in [0.25, 0.3) is 11.0 Å². The summed E-state index contributed by atoms with van der Waals surface area (Å²) in [5.41, 5.74) is 2.05. The standard InChI is InChI=1S/C25H26N2O5/c1-17-20-9-8-19(31-2)16-22(20)32-25(30)21(17)10-11-23(28)26-12-14-27(15-13-26)24(29)18-6-4-3-5-7-18/h3-9,16H,10-15H2,1-2H3. The number of hydrogen-bond donors (Lipinski definition) is 0. The number of piperazine rings is 1. The van der Waals surface area contributed by atoms with Gasteiger partial charge in [-0.15, -0.1) is 0 Å². The molecule has 1 aliphatic rings. The quantitative estimate of drug-likeness (QED) is 0.577. The van der Waals surface area contributed by atoms with E-state index in [0.29, 0.717) is 55.1 Å². The number of amides is 2. The van der Waals surface area contributed by atoms with Crippen molar-refractivity contribution in [2.45, 2.75) is 19.8 Å². The molecule has 1 aliphatic heterocycles. The van der Waals surface area contributed by atoms with Gasteiger partial charge in [-0.3, -0.25) is 9.59 Å². The van der Waals surface area contributed by atoms with E-state index in [1.165, 1.54) is 0 Å². The molecule has 0 saturated carbocycles. The van der Waals surface area contributed by atoms with E-state index < -0.39 is 5.63 Å². The molecule has 1 aromatic heterocycles. The van der Waals surface area contributed by atoms with E-state index in [2.05, 4.69) is 0 Å². The Hall–Kier alpha value is -3.61. The summed E-state index contributed by atoms with van der Waals surface area (Å²) in [7, 11) is 1.56. The summed E-state index contributed by atoms with van der Waals surface area (Å²) >= 11 is 0. The van der Waals surface area contributed by atoms with Crippen molar-refractivity contribution >= 4 is 22.8 Å². The third kappa shape index (κ3) is 4.37. The SMILES string of the molecule is COc1ccc2c(C)c(CCC(=O)N3CCN(C(=O)c4ccccc4)CC3)c(=O)oc2c1. The van der Waals surface area contributed by atoms with Gasteiger partial charge in [-0.25, -0.2) is 4.79 Å². The third-order valence-electron chi connectivity index (χ3n) is 6.02. The van der Waals surface area contributed by atoms with E-state index in [9.17, 15) is 14.4 Å². The van der Waals surface area contributed by atoms with E-state index in [1.54, 1.807) is 35.1 Å². The molecule has 7 nitrogen and oxygen atoms in total. The highest BCUT2D eigenvalue weighted by atomic mass is 16.5. The third-order valence-corrected chi connectivity index (χ3v) is 6.02. The van der Waals surface area contributed by atoms with Crippen LogP contribution < -0.4 is 10.4 Å².